The van der Waals surface area contributed by atoms with Crippen molar-refractivity contribution in [1.29, 1.82) is 0 Å². The number of aliphatic hydroxyl groups is 2. The summed E-state index contributed by atoms with van der Waals surface area (Å²) in [5, 5.41) is 21.1. The second-order valence-corrected chi connectivity index (χ2v) is 7.41. The summed E-state index contributed by atoms with van der Waals surface area (Å²) in [7, 11) is 0. The minimum atomic E-state index is -0.828. The molecule has 0 radical (unpaired) electrons. The Bertz CT molecular complexity index is 728. The molecule has 1 fully saturated rings. The number of hydrogen-bond acceptors (Lipinski definition) is 5. The highest BCUT2D eigenvalue weighted by Crippen LogP contribution is 2.23. The molecule has 2 aromatic rings. The molecule has 0 spiro atoms. The molecule has 0 saturated carbocycles. The van der Waals surface area contributed by atoms with Gasteiger partial charge >= 0.3 is 0 Å². The smallest absolute Gasteiger partial charge is 0.255 e. The Morgan fingerprint density at radius 3 is 2.57 bits per heavy atom. The average molecular weight is 383 g/mol. The number of carbonyl (C=O) groups excluding carboxylic acids is 1. The van der Waals surface area contributed by atoms with E-state index < -0.39 is 6.10 Å². The second-order valence-electron chi connectivity index (χ2n) is 7.41. The summed E-state index contributed by atoms with van der Waals surface area (Å²) < 4.78 is 0. The number of likely N-dealkylation sites (tertiary alicyclic amines) is 1. The first-order valence-corrected chi connectivity index (χ1v) is 9.97. The maximum Gasteiger partial charge on any atom is 0.255 e. The van der Waals surface area contributed by atoms with Gasteiger partial charge < -0.3 is 20.4 Å². The molecule has 2 heterocycles. The van der Waals surface area contributed by atoms with Crippen LogP contribution in [0.1, 0.15) is 35.2 Å². The number of anilines is 1. The first kappa shape index (κ1) is 20.3. The van der Waals surface area contributed by atoms with Crippen molar-refractivity contribution in [3.8, 4) is 0 Å². The van der Waals surface area contributed by atoms with Gasteiger partial charge in [0.2, 0.25) is 0 Å². The Balaban J connectivity index is 1.44. The van der Waals surface area contributed by atoms with Crippen LogP contribution in [-0.2, 0) is 6.42 Å². The number of nitrogens with zero attached hydrogens (tertiary/aromatic N) is 2. The number of hydrogen-bond donors (Lipinski definition) is 3. The molecule has 1 amide bonds. The van der Waals surface area contributed by atoms with Crippen molar-refractivity contribution in [3.05, 3.63) is 59.8 Å². The maximum absolute atomic E-state index is 12.7. The molecule has 0 aliphatic carbocycles. The van der Waals surface area contributed by atoms with E-state index in [0.717, 1.165) is 32.4 Å². The van der Waals surface area contributed by atoms with Crippen LogP contribution in [0.5, 0.6) is 0 Å². The molecule has 1 saturated heterocycles. The van der Waals surface area contributed by atoms with Crippen LogP contribution in [0.3, 0.4) is 0 Å². The normalized spacial score (nSPS) is 16.0. The van der Waals surface area contributed by atoms with Crippen molar-refractivity contribution < 1.29 is 15.0 Å². The predicted molar refractivity (Wildman–Crippen MR) is 109 cm³/mol. The van der Waals surface area contributed by atoms with Gasteiger partial charge in [0, 0.05) is 25.8 Å². The number of amides is 1. The largest absolute Gasteiger partial charge is 0.394 e. The molecule has 0 unspecified atom stereocenters. The lowest BCUT2D eigenvalue weighted by Crippen LogP contribution is -2.38. The van der Waals surface area contributed by atoms with E-state index in [1.54, 1.807) is 18.3 Å². The minimum Gasteiger partial charge on any atom is -0.394 e. The monoisotopic (exact) mass is 383 g/mol. The lowest BCUT2D eigenvalue weighted by atomic mass is 9.90. The quantitative estimate of drug-likeness (QED) is 0.651. The number of aromatic nitrogens is 1. The second kappa shape index (κ2) is 10.2. The third-order valence-electron chi connectivity index (χ3n) is 5.33. The molecule has 1 aromatic heterocycles. The molecule has 3 rings (SSSR count). The van der Waals surface area contributed by atoms with E-state index in [9.17, 15) is 9.90 Å². The molecule has 6 heteroatoms. The number of rotatable bonds is 8. The maximum atomic E-state index is 12.7. The zero-order chi connectivity index (χ0) is 19.8. The first-order valence-electron chi connectivity index (χ1n) is 9.97. The highest BCUT2D eigenvalue weighted by molar-refractivity contribution is 5.94. The number of aliphatic hydroxyl groups excluding tert-OH is 2. The van der Waals surface area contributed by atoms with Crippen LogP contribution < -0.4 is 5.32 Å². The standard InChI is InChI=1S/C22H29N3O3/c26-16-20(27)15-24-21-9-8-19(14-23-21)22(28)25-12-10-18(11-13-25)7-6-17-4-2-1-3-5-17/h1-5,8-9,14,18,20,26-27H,6-7,10-13,15-16H2,(H,23,24)/t20-/m0/s1. The minimum absolute atomic E-state index is 0.0240. The Morgan fingerprint density at radius 1 is 1.18 bits per heavy atom. The molecule has 28 heavy (non-hydrogen) atoms. The zero-order valence-corrected chi connectivity index (χ0v) is 16.1. The summed E-state index contributed by atoms with van der Waals surface area (Å²) in [6.07, 6.45) is 5.11. The van der Waals surface area contributed by atoms with E-state index in [1.165, 1.54) is 12.0 Å². The fourth-order valence-electron chi connectivity index (χ4n) is 3.53. The number of pyridine rings is 1. The lowest BCUT2D eigenvalue weighted by Gasteiger charge is -2.32. The fraction of sp³-hybridized carbons (Fsp3) is 0.455. The van der Waals surface area contributed by atoms with Crippen LogP contribution in [0.4, 0.5) is 5.82 Å². The first-order chi connectivity index (χ1) is 13.7. The lowest BCUT2D eigenvalue weighted by molar-refractivity contribution is 0.0686. The van der Waals surface area contributed by atoms with E-state index in [0.29, 0.717) is 17.3 Å². The van der Waals surface area contributed by atoms with E-state index in [1.807, 2.05) is 11.0 Å². The third kappa shape index (κ3) is 5.78. The summed E-state index contributed by atoms with van der Waals surface area (Å²) in [4.78, 5) is 18.8. The number of aryl methyl sites for hydroxylation is 1. The van der Waals surface area contributed by atoms with Crippen molar-refractivity contribution in [2.45, 2.75) is 31.8 Å². The predicted octanol–water partition coefficient (Wildman–Crippen LogP) is 2.33. The van der Waals surface area contributed by atoms with Gasteiger partial charge in [-0.1, -0.05) is 30.3 Å². The van der Waals surface area contributed by atoms with Crippen LogP contribution in [0.15, 0.2) is 48.7 Å². The molecular weight excluding hydrogens is 354 g/mol. The summed E-state index contributed by atoms with van der Waals surface area (Å²) in [5.41, 5.74) is 1.96. The van der Waals surface area contributed by atoms with Gasteiger partial charge in [0.1, 0.15) is 5.82 Å². The van der Waals surface area contributed by atoms with Crippen LogP contribution >= 0.6 is 0 Å². The summed E-state index contributed by atoms with van der Waals surface area (Å²) in [5.74, 6) is 1.27. The van der Waals surface area contributed by atoms with Crippen LogP contribution in [0.25, 0.3) is 0 Å². The van der Waals surface area contributed by atoms with E-state index in [4.69, 9.17) is 5.11 Å². The topological polar surface area (TPSA) is 85.7 Å². The van der Waals surface area contributed by atoms with E-state index >= 15 is 0 Å². The third-order valence-corrected chi connectivity index (χ3v) is 5.33. The van der Waals surface area contributed by atoms with Crippen LogP contribution in [0.2, 0.25) is 0 Å². The highest BCUT2D eigenvalue weighted by Gasteiger charge is 2.23. The van der Waals surface area contributed by atoms with Crippen LogP contribution in [0, 0.1) is 5.92 Å². The number of nitrogens with one attached hydrogen (secondary N) is 1. The van der Waals surface area contributed by atoms with E-state index in [2.05, 4.69) is 34.6 Å². The average Bonchev–Trinajstić information content (AvgIpc) is 2.77. The molecule has 1 aliphatic rings. The van der Waals surface area contributed by atoms with Crippen molar-refractivity contribution in [1.82, 2.24) is 9.88 Å². The van der Waals surface area contributed by atoms with Gasteiger partial charge in [0.05, 0.1) is 18.3 Å². The number of benzene rings is 1. The summed E-state index contributed by atoms with van der Waals surface area (Å²) >= 11 is 0. The summed E-state index contributed by atoms with van der Waals surface area (Å²) in [6, 6.07) is 14.0. The molecule has 0 bridgehead atoms. The van der Waals surface area contributed by atoms with Crippen molar-refractivity contribution in [2.24, 2.45) is 5.92 Å². The number of carbonyl (C=O) groups is 1. The van der Waals surface area contributed by atoms with Gasteiger partial charge in [-0.15, -0.1) is 0 Å². The van der Waals surface area contributed by atoms with E-state index in [-0.39, 0.29) is 19.1 Å². The fourth-order valence-corrected chi connectivity index (χ4v) is 3.53. The highest BCUT2D eigenvalue weighted by atomic mass is 16.3. The zero-order valence-electron chi connectivity index (χ0n) is 16.1. The Hall–Kier alpha value is -2.44. The molecule has 1 atom stereocenters. The molecule has 150 valence electrons. The Morgan fingerprint density at radius 2 is 1.93 bits per heavy atom. The van der Waals surface area contributed by atoms with Gasteiger partial charge in [-0.05, 0) is 49.3 Å². The van der Waals surface area contributed by atoms with Crippen LogP contribution in [-0.4, -0.2) is 58.3 Å². The molecule has 6 nitrogen and oxygen atoms in total. The van der Waals surface area contributed by atoms with Gasteiger partial charge in [0.15, 0.2) is 0 Å². The Labute approximate surface area is 166 Å². The van der Waals surface area contributed by atoms with Gasteiger partial charge in [-0.25, -0.2) is 4.98 Å². The molecule has 1 aromatic carbocycles. The summed E-state index contributed by atoms with van der Waals surface area (Å²) in [6.45, 7) is 1.50. The molecular formula is C22H29N3O3. The molecule has 3 N–H and O–H groups in total. The van der Waals surface area contributed by atoms with Gasteiger partial charge in [-0.3, -0.25) is 4.79 Å². The van der Waals surface area contributed by atoms with Crippen molar-refractivity contribution in [2.75, 3.05) is 31.6 Å². The Kier molecular flexibility index (Phi) is 7.39. The van der Waals surface area contributed by atoms with Gasteiger partial charge in [-0.2, -0.15) is 0 Å². The molecule has 1 aliphatic heterocycles. The van der Waals surface area contributed by atoms with Gasteiger partial charge in [0.25, 0.3) is 5.91 Å². The van der Waals surface area contributed by atoms with Crippen molar-refractivity contribution in [3.63, 3.8) is 0 Å². The SMILES string of the molecule is O=C(c1ccc(NC[C@H](O)CO)nc1)N1CCC(CCc2ccccc2)CC1. The number of piperidine rings is 1. The van der Waals surface area contributed by atoms with Crippen molar-refractivity contribution >= 4 is 11.7 Å².